The molecule has 9 nitrogen and oxygen atoms in total. The highest BCUT2D eigenvalue weighted by Crippen LogP contribution is 2.41. The number of ether oxygens (including phenoxy) is 1. The second kappa shape index (κ2) is 16.0. The Hall–Kier alpha value is -2.56. The normalized spacial score (nSPS) is 26.4. The summed E-state index contributed by atoms with van der Waals surface area (Å²) in [6, 6.07) is 6.12. The van der Waals surface area contributed by atoms with Crippen LogP contribution in [0.1, 0.15) is 48.1 Å². The van der Waals surface area contributed by atoms with Crippen molar-refractivity contribution < 1.29 is 12.7 Å². The van der Waals surface area contributed by atoms with Gasteiger partial charge in [-0.05, 0) is 58.3 Å². The Bertz CT molecular complexity index is 1050. The molecule has 1 fully saturated rings. The zero-order chi connectivity index (χ0) is 29.8. The molecule has 0 aromatic heterocycles. The molecule has 0 saturated carbocycles. The molecule has 4 N–H and O–H groups in total. The summed E-state index contributed by atoms with van der Waals surface area (Å²) in [5.74, 6) is 1.50. The molecule has 9 heteroatoms. The molecule has 40 heavy (non-hydrogen) atoms. The first-order valence-electron chi connectivity index (χ1n) is 14.4. The minimum atomic E-state index is -0.831. The second-order valence-electron chi connectivity index (χ2n) is 10.7. The van der Waals surface area contributed by atoms with E-state index < -0.39 is 5.72 Å². The first kappa shape index (κ1) is 33.6. The predicted molar refractivity (Wildman–Crippen MR) is 173 cm³/mol. The van der Waals surface area contributed by atoms with Crippen LogP contribution in [0.2, 0.25) is 0 Å². The zero-order valence-electron chi connectivity index (χ0n) is 26.2. The monoisotopic (exact) mass is 559 g/mol. The fourth-order valence-electron chi connectivity index (χ4n) is 5.53. The third-order valence-electron chi connectivity index (χ3n) is 7.83. The average Bonchev–Trinajstić information content (AvgIpc) is 3.20. The van der Waals surface area contributed by atoms with E-state index >= 15 is 0 Å². The van der Waals surface area contributed by atoms with Crippen molar-refractivity contribution in [2.45, 2.75) is 52.6 Å². The fraction of sp³-hybridized carbons (Fsp3) is 0.613. The van der Waals surface area contributed by atoms with Crippen LogP contribution in [0.4, 0.5) is 5.69 Å². The molecular weight excluding hydrogens is 502 g/mol. The molecule has 3 unspecified atom stereocenters. The summed E-state index contributed by atoms with van der Waals surface area (Å²) in [6.45, 7) is 12.3. The predicted octanol–water partition coefficient (Wildman–Crippen LogP) is 4.14. The number of hydrogen-bond donors (Lipinski definition) is 4. The van der Waals surface area contributed by atoms with Crippen molar-refractivity contribution in [1.29, 1.82) is 0 Å². The average molecular weight is 560 g/mol. The Labute approximate surface area is 245 Å². The van der Waals surface area contributed by atoms with E-state index in [2.05, 4.69) is 68.1 Å². The van der Waals surface area contributed by atoms with Crippen LogP contribution in [0.5, 0.6) is 0 Å². The maximum Gasteiger partial charge on any atom is 0.142 e. The first-order chi connectivity index (χ1) is 19.2. The van der Waals surface area contributed by atoms with E-state index in [9.17, 15) is 5.11 Å². The van der Waals surface area contributed by atoms with Gasteiger partial charge in [0.05, 0.1) is 12.8 Å². The number of allylic oxidation sites excluding steroid dienone is 2. The highest BCUT2D eigenvalue weighted by molar-refractivity contribution is 5.93. The standard InChI is InChI=1S/C18H31N5O.C11H16N2O.C2H6.2H2/c1-18(13-24-4)12-23(17-15(18)9-11-21-14-22-17)16(20-3)8-6-5-7-10-19-2;1-11(14)10-6-9(12-2)5-4-8(10)7-13(11)3;1-2;;/h5-8,14-16,19-20H,9-13H2,1-4H3;4-6,12,14H,7H2,1-3H3;1-2H3;2*1H/b7-5+,8-6-;;;;/t15?,16?,18-;;;;/m0..../s1. The maximum absolute atomic E-state index is 10.2. The van der Waals surface area contributed by atoms with E-state index in [0.29, 0.717) is 5.92 Å². The van der Waals surface area contributed by atoms with Crippen molar-refractivity contribution in [3.05, 3.63) is 53.6 Å². The minimum absolute atomic E-state index is 0. The molecule has 1 aromatic carbocycles. The summed E-state index contributed by atoms with van der Waals surface area (Å²) < 4.78 is 5.53. The SMILES string of the molecule is CC.CNC/C=C/C=C\C(NC)N1C[C@@](C)(COC)C2CCN=CN=C21.CNc1ccc2c(c1)C(C)(O)N(C)C2.[HH].[HH]. The molecule has 4 rings (SSSR count). The number of hydrogen-bond acceptors (Lipinski definition) is 9. The van der Waals surface area contributed by atoms with Crippen LogP contribution in [-0.2, 0) is 17.0 Å². The van der Waals surface area contributed by atoms with E-state index in [-0.39, 0.29) is 14.4 Å². The number of benzene rings is 1. The number of aliphatic imine (C=N–C) groups is 2. The summed E-state index contributed by atoms with van der Waals surface area (Å²) >= 11 is 0. The fourth-order valence-corrected chi connectivity index (χ4v) is 5.53. The topological polar surface area (TPSA) is 96.8 Å². The van der Waals surface area contributed by atoms with Crippen LogP contribution in [0.3, 0.4) is 0 Å². The number of nitrogens with zero attached hydrogens (tertiary/aromatic N) is 4. The molecule has 228 valence electrons. The number of aliphatic hydroxyl groups is 1. The van der Waals surface area contributed by atoms with Gasteiger partial charge in [-0.15, -0.1) is 0 Å². The number of fused-ring (bicyclic) bond motifs is 2. The summed E-state index contributed by atoms with van der Waals surface area (Å²) in [7, 11) is 9.52. The molecule has 0 spiro atoms. The van der Waals surface area contributed by atoms with Gasteiger partial charge in [0.15, 0.2) is 0 Å². The van der Waals surface area contributed by atoms with Crippen LogP contribution in [-0.4, -0.2) is 94.8 Å². The third kappa shape index (κ3) is 8.01. The van der Waals surface area contributed by atoms with Gasteiger partial charge in [0.25, 0.3) is 0 Å². The Balaban J connectivity index is 0.000000799. The van der Waals surface area contributed by atoms with E-state index in [1.807, 2.05) is 66.0 Å². The van der Waals surface area contributed by atoms with Crippen molar-refractivity contribution >= 4 is 17.9 Å². The quantitative estimate of drug-likeness (QED) is 0.338. The highest BCUT2D eigenvalue weighted by Gasteiger charge is 2.48. The molecule has 0 radical (unpaired) electrons. The number of likely N-dealkylation sites (tertiary alicyclic amines) is 1. The van der Waals surface area contributed by atoms with Gasteiger partial charge in [-0.25, -0.2) is 4.99 Å². The van der Waals surface area contributed by atoms with Gasteiger partial charge in [-0.3, -0.25) is 15.2 Å². The number of likely N-dealkylation sites (N-methyl/N-ethyl adjacent to an activating group) is 2. The van der Waals surface area contributed by atoms with Crippen LogP contribution in [0, 0.1) is 11.3 Å². The number of rotatable bonds is 9. The van der Waals surface area contributed by atoms with Crippen LogP contribution >= 0.6 is 0 Å². The lowest BCUT2D eigenvalue weighted by Gasteiger charge is -2.29. The number of nitrogens with one attached hydrogen (secondary N) is 3. The van der Waals surface area contributed by atoms with Crippen LogP contribution < -0.4 is 16.0 Å². The molecule has 4 atom stereocenters. The first-order valence-corrected chi connectivity index (χ1v) is 14.4. The summed E-state index contributed by atoms with van der Waals surface area (Å²) in [6.07, 6.45) is 11.3. The molecule has 0 bridgehead atoms. The van der Waals surface area contributed by atoms with E-state index in [0.717, 1.165) is 56.3 Å². The largest absolute Gasteiger partial charge is 0.388 e. The van der Waals surface area contributed by atoms with E-state index in [1.165, 1.54) is 5.56 Å². The molecular formula is C31H57N7O2. The Morgan fingerprint density at radius 2 is 1.98 bits per heavy atom. The van der Waals surface area contributed by atoms with Crippen molar-refractivity contribution in [2.75, 3.05) is 66.9 Å². The molecule has 0 amide bonds. The Morgan fingerprint density at radius 1 is 1.23 bits per heavy atom. The highest BCUT2D eigenvalue weighted by atomic mass is 16.5. The lowest BCUT2D eigenvalue weighted by Crippen LogP contribution is -2.44. The minimum Gasteiger partial charge on any atom is -0.388 e. The molecule has 1 saturated heterocycles. The lowest BCUT2D eigenvalue weighted by atomic mass is 9.78. The smallest absolute Gasteiger partial charge is 0.142 e. The van der Waals surface area contributed by atoms with Crippen molar-refractivity contribution in [2.24, 2.45) is 21.3 Å². The van der Waals surface area contributed by atoms with Gasteiger partial charge in [0, 0.05) is 65.8 Å². The van der Waals surface area contributed by atoms with Crippen molar-refractivity contribution in [3.8, 4) is 0 Å². The van der Waals surface area contributed by atoms with E-state index in [1.54, 1.807) is 13.4 Å². The van der Waals surface area contributed by atoms with Crippen molar-refractivity contribution in [3.63, 3.8) is 0 Å². The number of amidine groups is 1. The van der Waals surface area contributed by atoms with Crippen LogP contribution in [0.25, 0.3) is 0 Å². The molecule has 3 heterocycles. The maximum atomic E-state index is 10.2. The van der Waals surface area contributed by atoms with Gasteiger partial charge in [0.1, 0.15) is 17.9 Å². The van der Waals surface area contributed by atoms with Gasteiger partial charge in [-0.2, -0.15) is 0 Å². The third-order valence-corrected chi connectivity index (χ3v) is 7.83. The van der Waals surface area contributed by atoms with Crippen LogP contribution in [0.15, 0.2) is 52.5 Å². The molecule has 0 aliphatic carbocycles. The van der Waals surface area contributed by atoms with Gasteiger partial charge in [-0.1, -0.05) is 45.1 Å². The molecule has 1 aromatic rings. The Kier molecular flexibility index (Phi) is 13.5. The van der Waals surface area contributed by atoms with E-state index in [4.69, 9.17) is 4.74 Å². The summed E-state index contributed by atoms with van der Waals surface area (Å²) in [5, 5.41) is 19.8. The molecule has 3 aliphatic rings. The summed E-state index contributed by atoms with van der Waals surface area (Å²) in [4.78, 5) is 13.3. The number of anilines is 1. The molecule has 3 aliphatic heterocycles. The lowest BCUT2D eigenvalue weighted by molar-refractivity contribution is -0.0748. The van der Waals surface area contributed by atoms with Gasteiger partial charge >= 0.3 is 0 Å². The Morgan fingerprint density at radius 3 is 2.62 bits per heavy atom. The van der Waals surface area contributed by atoms with Gasteiger partial charge < -0.3 is 25.4 Å². The van der Waals surface area contributed by atoms with Gasteiger partial charge in [0.2, 0.25) is 0 Å². The number of methoxy groups -OCH3 is 1. The van der Waals surface area contributed by atoms with Crippen molar-refractivity contribution in [1.82, 2.24) is 20.4 Å². The zero-order valence-corrected chi connectivity index (χ0v) is 26.2. The summed E-state index contributed by atoms with van der Waals surface area (Å²) in [5.41, 5.74) is 2.48. The second-order valence-corrected chi connectivity index (χ2v) is 10.7.